The second-order valence-electron chi connectivity index (χ2n) is 3.33. The quantitative estimate of drug-likeness (QED) is 0.819. The van der Waals surface area contributed by atoms with E-state index in [0.717, 1.165) is 6.07 Å². The number of hydrogen-bond donors (Lipinski definition) is 1. The first-order chi connectivity index (χ1) is 7.54. The predicted octanol–water partition coefficient (Wildman–Crippen LogP) is 3.62. The summed E-state index contributed by atoms with van der Waals surface area (Å²) >= 11 is 0.304. The molecule has 0 saturated carbocycles. The summed E-state index contributed by atoms with van der Waals surface area (Å²) in [5.41, 5.74) is -4.79. The van der Waals surface area contributed by atoms with Gasteiger partial charge in [-0.3, -0.25) is 0 Å². The van der Waals surface area contributed by atoms with Gasteiger partial charge in [-0.15, -0.1) is 11.3 Å². The lowest BCUT2D eigenvalue weighted by atomic mass is 10.0. The topological polar surface area (TPSA) is 20.2 Å². The summed E-state index contributed by atoms with van der Waals surface area (Å²) in [4.78, 5) is -0.818. The van der Waals surface area contributed by atoms with E-state index >= 15 is 0 Å². The number of aryl methyl sites for hydroxylation is 1. The van der Waals surface area contributed by atoms with Crippen molar-refractivity contribution >= 4 is 11.3 Å². The fraction of sp³-hybridized carbons (Fsp3) is 0.556. The van der Waals surface area contributed by atoms with Gasteiger partial charge in [0.15, 0.2) is 0 Å². The van der Waals surface area contributed by atoms with Gasteiger partial charge in [0.05, 0.1) is 4.88 Å². The van der Waals surface area contributed by atoms with Crippen molar-refractivity contribution in [2.75, 3.05) is 0 Å². The van der Waals surface area contributed by atoms with Crippen molar-refractivity contribution in [3.05, 3.63) is 21.9 Å². The molecule has 0 aliphatic carbocycles. The fourth-order valence-electron chi connectivity index (χ4n) is 1.20. The van der Waals surface area contributed by atoms with Crippen molar-refractivity contribution < 1.29 is 31.4 Å². The predicted molar refractivity (Wildman–Crippen MR) is 49.7 cm³/mol. The zero-order valence-electron chi connectivity index (χ0n) is 8.49. The summed E-state index contributed by atoms with van der Waals surface area (Å²) in [7, 11) is 0. The Hall–Kier alpha value is -0.760. The molecule has 0 atom stereocenters. The smallest absolute Gasteiger partial charge is 0.369 e. The number of thiophene rings is 1. The van der Waals surface area contributed by atoms with Gasteiger partial charge >= 0.3 is 12.4 Å². The average molecular weight is 278 g/mol. The Morgan fingerprint density at radius 3 is 1.82 bits per heavy atom. The molecule has 1 rings (SSSR count). The molecule has 1 aromatic heterocycles. The molecule has 0 bridgehead atoms. The van der Waals surface area contributed by atoms with E-state index in [1.807, 2.05) is 0 Å². The van der Waals surface area contributed by atoms with Crippen LogP contribution in [0.3, 0.4) is 0 Å². The molecule has 0 unspecified atom stereocenters. The number of alkyl halides is 6. The molecule has 1 aromatic rings. The summed E-state index contributed by atoms with van der Waals surface area (Å²) in [5.74, 6) is 0. The molecule has 0 spiro atoms. The van der Waals surface area contributed by atoms with Crippen molar-refractivity contribution in [3.8, 4) is 0 Å². The van der Waals surface area contributed by atoms with E-state index in [4.69, 9.17) is 5.11 Å². The Morgan fingerprint density at radius 1 is 1.06 bits per heavy atom. The Balaban J connectivity index is 3.35. The highest BCUT2D eigenvalue weighted by Crippen LogP contribution is 2.51. The summed E-state index contributed by atoms with van der Waals surface area (Å²) < 4.78 is 74.6. The van der Waals surface area contributed by atoms with Gasteiger partial charge in [-0.25, -0.2) is 0 Å². The van der Waals surface area contributed by atoms with Crippen LogP contribution in [0.25, 0.3) is 0 Å². The van der Waals surface area contributed by atoms with Crippen LogP contribution >= 0.6 is 11.3 Å². The molecule has 0 radical (unpaired) electrons. The molecule has 98 valence electrons. The number of rotatable bonds is 2. The first kappa shape index (κ1) is 14.3. The van der Waals surface area contributed by atoms with Crippen LogP contribution in [0.2, 0.25) is 0 Å². The van der Waals surface area contributed by atoms with Crippen LogP contribution in [0.15, 0.2) is 12.1 Å². The summed E-state index contributed by atoms with van der Waals surface area (Å²) in [6, 6.07) is 1.80. The minimum atomic E-state index is -5.80. The van der Waals surface area contributed by atoms with Gasteiger partial charge < -0.3 is 5.11 Å². The minimum absolute atomic E-state index is 0.302. The molecule has 0 fully saturated rings. The average Bonchev–Trinajstić information content (AvgIpc) is 2.61. The van der Waals surface area contributed by atoms with Crippen LogP contribution < -0.4 is 0 Å². The molecular formula is C9H8F6OS. The van der Waals surface area contributed by atoms with E-state index < -0.39 is 22.8 Å². The minimum Gasteiger partial charge on any atom is -0.369 e. The SMILES string of the molecule is CCc1ccc(C(O)(C(F)(F)F)C(F)(F)F)s1. The van der Waals surface area contributed by atoms with Crippen molar-refractivity contribution in [3.63, 3.8) is 0 Å². The Bertz CT molecular complexity index is 377. The van der Waals surface area contributed by atoms with E-state index in [-0.39, 0.29) is 0 Å². The van der Waals surface area contributed by atoms with Crippen molar-refractivity contribution in [1.29, 1.82) is 0 Å². The first-order valence-corrected chi connectivity index (χ1v) is 5.30. The van der Waals surface area contributed by atoms with Gasteiger partial charge in [0.25, 0.3) is 5.60 Å². The van der Waals surface area contributed by atoms with Gasteiger partial charge in [-0.05, 0) is 18.6 Å². The molecular weight excluding hydrogens is 270 g/mol. The Kier molecular flexibility index (Phi) is 3.50. The largest absolute Gasteiger partial charge is 0.431 e. The van der Waals surface area contributed by atoms with Crippen LogP contribution in [-0.2, 0) is 12.0 Å². The van der Waals surface area contributed by atoms with E-state index in [0.29, 0.717) is 28.7 Å². The van der Waals surface area contributed by atoms with Crippen LogP contribution in [0, 0.1) is 0 Å². The van der Waals surface area contributed by atoms with Crippen molar-refractivity contribution in [2.45, 2.75) is 31.3 Å². The molecule has 0 amide bonds. The van der Waals surface area contributed by atoms with E-state index in [1.165, 1.54) is 0 Å². The molecule has 0 saturated heterocycles. The van der Waals surface area contributed by atoms with Crippen LogP contribution in [-0.4, -0.2) is 17.5 Å². The maximum absolute atomic E-state index is 12.4. The summed E-state index contributed by atoms with van der Waals surface area (Å²) in [5, 5.41) is 9.02. The molecule has 1 N–H and O–H groups in total. The molecule has 1 heterocycles. The van der Waals surface area contributed by atoms with Gasteiger partial charge in [0.1, 0.15) is 0 Å². The fourth-order valence-corrected chi connectivity index (χ4v) is 2.28. The maximum Gasteiger partial charge on any atom is 0.431 e. The van der Waals surface area contributed by atoms with E-state index in [1.54, 1.807) is 6.92 Å². The highest BCUT2D eigenvalue weighted by molar-refractivity contribution is 7.12. The zero-order chi connectivity index (χ0) is 13.5. The van der Waals surface area contributed by atoms with Crippen molar-refractivity contribution in [2.24, 2.45) is 0 Å². The third kappa shape index (κ3) is 2.28. The molecule has 8 heteroatoms. The van der Waals surface area contributed by atoms with Crippen molar-refractivity contribution in [1.82, 2.24) is 0 Å². The third-order valence-corrected chi connectivity index (χ3v) is 3.53. The second kappa shape index (κ2) is 4.16. The standard InChI is InChI=1S/C9H8F6OS/c1-2-5-3-4-6(17-5)7(16,8(10,11)12)9(13,14)15/h3-4,16H,2H2,1H3. The van der Waals surface area contributed by atoms with Crippen LogP contribution in [0.1, 0.15) is 16.7 Å². The highest BCUT2D eigenvalue weighted by atomic mass is 32.1. The van der Waals surface area contributed by atoms with Gasteiger partial charge in [-0.2, -0.15) is 26.3 Å². The van der Waals surface area contributed by atoms with Crippen LogP contribution in [0.5, 0.6) is 0 Å². The second-order valence-corrected chi connectivity index (χ2v) is 4.49. The Morgan fingerprint density at radius 2 is 1.53 bits per heavy atom. The van der Waals surface area contributed by atoms with E-state index in [9.17, 15) is 26.3 Å². The lowest BCUT2D eigenvalue weighted by Crippen LogP contribution is -2.53. The zero-order valence-corrected chi connectivity index (χ0v) is 9.30. The van der Waals surface area contributed by atoms with E-state index in [2.05, 4.69) is 0 Å². The molecule has 0 aliphatic rings. The Labute approximate surface area is 96.7 Å². The molecule has 0 aromatic carbocycles. The van der Waals surface area contributed by atoms with Gasteiger partial charge in [-0.1, -0.05) is 6.92 Å². The third-order valence-electron chi connectivity index (χ3n) is 2.19. The molecule has 17 heavy (non-hydrogen) atoms. The number of hydrogen-bond acceptors (Lipinski definition) is 2. The lowest BCUT2D eigenvalue weighted by Gasteiger charge is -2.31. The number of halogens is 6. The normalized spacial score (nSPS) is 14.1. The molecule has 1 nitrogen and oxygen atoms in total. The maximum atomic E-state index is 12.4. The molecule has 0 aliphatic heterocycles. The van der Waals surface area contributed by atoms with Crippen LogP contribution in [0.4, 0.5) is 26.3 Å². The summed E-state index contributed by atoms with van der Waals surface area (Å²) in [6.45, 7) is 1.59. The van der Waals surface area contributed by atoms with Gasteiger partial charge in [0, 0.05) is 4.88 Å². The lowest BCUT2D eigenvalue weighted by molar-refractivity contribution is -0.374. The van der Waals surface area contributed by atoms with Gasteiger partial charge in [0.2, 0.25) is 0 Å². The number of aliphatic hydroxyl groups is 1. The monoisotopic (exact) mass is 278 g/mol. The summed E-state index contributed by atoms with van der Waals surface area (Å²) in [6.07, 6.45) is -11.3. The highest BCUT2D eigenvalue weighted by Gasteiger charge is 2.72. The first-order valence-electron chi connectivity index (χ1n) is 4.49.